The summed E-state index contributed by atoms with van der Waals surface area (Å²) < 4.78 is 9.77. The maximum atomic E-state index is 11.0. The van der Waals surface area contributed by atoms with Crippen molar-refractivity contribution in [2.45, 2.75) is 11.8 Å². The van der Waals surface area contributed by atoms with Crippen molar-refractivity contribution >= 4 is 17.7 Å². The first-order valence-electron chi connectivity index (χ1n) is 4.51. The molecule has 1 rings (SSSR count). The Kier molecular flexibility index (Phi) is 4.49. The van der Waals surface area contributed by atoms with E-state index in [1.165, 1.54) is 18.9 Å². The summed E-state index contributed by atoms with van der Waals surface area (Å²) >= 11 is 1.42. The van der Waals surface area contributed by atoms with Crippen molar-refractivity contribution in [3.63, 3.8) is 0 Å². The predicted molar refractivity (Wildman–Crippen MR) is 60.5 cm³/mol. The average Bonchev–Trinajstić information content (AvgIpc) is 2.26. The van der Waals surface area contributed by atoms with Gasteiger partial charge in [0.1, 0.15) is 5.75 Å². The third-order valence-corrected chi connectivity index (χ3v) is 2.90. The van der Waals surface area contributed by atoms with Gasteiger partial charge in [-0.25, -0.2) is 0 Å². The highest BCUT2D eigenvalue weighted by Crippen LogP contribution is 2.29. The molecule has 0 heterocycles. The molecule has 0 N–H and O–H groups in total. The van der Waals surface area contributed by atoms with Gasteiger partial charge in [0.05, 0.1) is 24.9 Å². The molecule has 1 aromatic rings. The molecule has 0 atom stereocenters. The molecule has 82 valence electrons. The van der Waals surface area contributed by atoms with Crippen molar-refractivity contribution in [1.29, 1.82) is 0 Å². The number of ether oxygens (including phenoxy) is 2. The van der Waals surface area contributed by atoms with Crippen LogP contribution in [0.3, 0.4) is 0 Å². The van der Waals surface area contributed by atoms with Gasteiger partial charge in [0.2, 0.25) is 0 Å². The fraction of sp³-hybridized carbons (Fsp3) is 0.364. The first-order valence-corrected chi connectivity index (χ1v) is 5.50. The van der Waals surface area contributed by atoms with Gasteiger partial charge in [-0.2, -0.15) is 0 Å². The smallest absolute Gasteiger partial charge is 0.315 e. The zero-order valence-corrected chi connectivity index (χ0v) is 9.89. The van der Waals surface area contributed by atoms with Crippen molar-refractivity contribution in [2.75, 3.05) is 20.0 Å². The Morgan fingerprint density at radius 2 is 2.13 bits per heavy atom. The lowest BCUT2D eigenvalue weighted by Crippen LogP contribution is -2.03. The molecule has 4 heteroatoms. The van der Waals surface area contributed by atoms with Crippen LogP contribution < -0.4 is 4.74 Å². The number of aryl methyl sites for hydroxylation is 1. The molecule has 0 unspecified atom stereocenters. The molecule has 1 aromatic carbocycles. The monoisotopic (exact) mass is 226 g/mol. The second-order valence-corrected chi connectivity index (χ2v) is 4.04. The second-order valence-electron chi connectivity index (χ2n) is 3.02. The zero-order chi connectivity index (χ0) is 11.3. The second kappa shape index (κ2) is 5.66. The SMILES string of the molecule is COC(=O)CSc1cc(C)ccc1OC. The Morgan fingerprint density at radius 3 is 2.73 bits per heavy atom. The quantitative estimate of drug-likeness (QED) is 0.583. The van der Waals surface area contributed by atoms with Crippen LogP contribution in [0.15, 0.2) is 23.1 Å². The van der Waals surface area contributed by atoms with E-state index in [0.717, 1.165) is 16.2 Å². The van der Waals surface area contributed by atoms with Crippen molar-refractivity contribution in [1.82, 2.24) is 0 Å². The molecule has 0 aromatic heterocycles. The molecule has 0 saturated carbocycles. The van der Waals surface area contributed by atoms with Crippen LogP contribution in [0.5, 0.6) is 5.75 Å². The number of esters is 1. The van der Waals surface area contributed by atoms with Crippen LogP contribution in [0.1, 0.15) is 5.56 Å². The number of methoxy groups -OCH3 is 2. The van der Waals surface area contributed by atoms with Crippen molar-refractivity contribution < 1.29 is 14.3 Å². The minimum Gasteiger partial charge on any atom is -0.496 e. The van der Waals surface area contributed by atoms with Gasteiger partial charge in [-0.3, -0.25) is 4.79 Å². The molecule has 0 aliphatic rings. The van der Waals surface area contributed by atoms with Gasteiger partial charge in [-0.05, 0) is 24.6 Å². The summed E-state index contributed by atoms with van der Waals surface area (Å²) in [5.41, 5.74) is 1.14. The Labute approximate surface area is 93.8 Å². The van der Waals surface area contributed by atoms with E-state index in [0.29, 0.717) is 5.75 Å². The maximum absolute atomic E-state index is 11.0. The number of rotatable bonds is 4. The lowest BCUT2D eigenvalue weighted by molar-refractivity contribution is -0.137. The molecule has 0 fully saturated rings. The van der Waals surface area contributed by atoms with Crippen molar-refractivity contribution in [3.05, 3.63) is 23.8 Å². The number of hydrogen-bond acceptors (Lipinski definition) is 4. The highest BCUT2D eigenvalue weighted by Gasteiger charge is 2.07. The van der Waals surface area contributed by atoms with Crippen LogP contribution in [0, 0.1) is 6.92 Å². The summed E-state index contributed by atoms with van der Waals surface area (Å²) in [4.78, 5) is 11.9. The first-order chi connectivity index (χ1) is 7.17. The third-order valence-electron chi connectivity index (χ3n) is 1.89. The van der Waals surface area contributed by atoms with Crippen LogP contribution in [0.25, 0.3) is 0 Å². The van der Waals surface area contributed by atoms with Crippen LogP contribution in [-0.2, 0) is 9.53 Å². The Bertz CT molecular complexity index is 350. The zero-order valence-electron chi connectivity index (χ0n) is 9.07. The number of benzene rings is 1. The lowest BCUT2D eigenvalue weighted by atomic mass is 10.2. The standard InChI is InChI=1S/C11H14O3S/c1-8-4-5-9(13-2)10(6-8)15-7-11(12)14-3/h4-6H,7H2,1-3H3. The summed E-state index contributed by atoms with van der Waals surface area (Å²) in [7, 11) is 3.00. The number of thioether (sulfide) groups is 1. The number of carbonyl (C=O) groups excluding carboxylic acids is 1. The lowest BCUT2D eigenvalue weighted by Gasteiger charge is -2.08. The number of carbonyl (C=O) groups is 1. The highest BCUT2D eigenvalue weighted by molar-refractivity contribution is 8.00. The highest BCUT2D eigenvalue weighted by atomic mass is 32.2. The molecule has 0 aliphatic carbocycles. The Balaban J connectivity index is 2.74. The van der Waals surface area contributed by atoms with E-state index in [2.05, 4.69) is 4.74 Å². The van der Waals surface area contributed by atoms with Crippen LogP contribution in [-0.4, -0.2) is 25.9 Å². The fourth-order valence-corrected chi connectivity index (χ4v) is 2.05. The largest absolute Gasteiger partial charge is 0.496 e. The van der Waals surface area contributed by atoms with Crippen molar-refractivity contribution in [2.24, 2.45) is 0 Å². The van der Waals surface area contributed by atoms with E-state index < -0.39 is 0 Å². The summed E-state index contributed by atoms with van der Waals surface area (Å²) in [6.45, 7) is 2.00. The van der Waals surface area contributed by atoms with Crippen molar-refractivity contribution in [3.8, 4) is 5.75 Å². The van der Waals surface area contributed by atoms with Gasteiger partial charge in [0.25, 0.3) is 0 Å². The van der Waals surface area contributed by atoms with E-state index in [9.17, 15) is 4.79 Å². The van der Waals surface area contributed by atoms with Gasteiger partial charge in [-0.15, -0.1) is 11.8 Å². The van der Waals surface area contributed by atoms with E-state index in [-0.39, 0.29) is 5.97 Å². The molecule has 0 spiro atoms. The number of hydrogen-bond donors (Lipinski definition) is 0. The minimum atomic E-state index is -0.233. The van der Waals surface area contributed by atoms with Crippen LogP contribution in [0.2, 0.25) is 0 Å². The first kappa shape index (κ1) is 11.9. The molecule has 3 nitrogen and oxygen atoms in total. The van der Waals surface area contributed by atoms with Crippen LogP contribution >= 0.6 is 11.8 Å². The molecular formula is C11H14O3S. The predicted octanol–water partition coefficient (Wildman–Crippen LogP) is 2.27. The molecule has 0 bridgehead atoms. The Hall–Kier alpha value is -1.16. The molecule has 0 amide bonds. The summed E-state index contributed by atoms with van der Waals surface area (Å²) in [6, 6.07) is 5.86. The molecule has 0 saturated heterocycles. The van der Waals surface area contributed by atoms with Gasteiger partial charge in [0.15, 0.2) is 0 Å². The van der Waals surface area contributed by atoms with Gasteiger partial charge in [-0.1, -0.05) is 6.07 Å². The maximum Gasteiger partial charge on any atom is 0.315 e. The van der Waals surface area contributed by atoms with E-state index >= 15 is 0 Å². The van der Waals surface area contributed by atoms with Crippen LogP contribution in [0.4, 0.5) is 0 Å². The average molecular weight is 226 g/mol. The minimum absolute atomic E-state index is 0.233. The molecule has 0 radical (unpaired) electrons. The normalized spacial score (nSPS) is 9.80. The molecule has 15 heavy (non-hydrogen) atoms. The molecule has 0 aliphatic heterocycles. The summed E-state index contributed by atoms with van der Waals surface area (Å²) in [5.74, 6) is 0.856. The fourth-order valence-electron chi connectivity index (χ4n) is 1.09. The Morgan fingerprint density at radius 1 is 1.40 bits per heavy atom. The third kappa shape index (κ3) is 3.47. The topological polar surface area (TPSA) is 35.5 Å². The van der Waals surface area contributed by atoms with E-state index in [1.807, 2.05) is 25.1 Å². The summed E-state index contributed by atoms with van der Waals surface area (Å²) in [6.07, 6.45) is 0. The summed E-state index contributed by atoms with van der Waals surface area (Å²) in [5, 5.41) is 0. The van der Waals surface area contributed by atoms with E-state index in [1.54, 1.807) is 7.11 Å². The van der Waals surface area contributed by atoms with Gasteiger partial charge < -0.3 is 9.47 Å². The molecular weight excluding hydrogens is 212 g/mol. The van der Waals surface area contributed by atoms with Gasteiger partial charge in [0, 0.05) is 0 Å². The van der Waals surface area contributed by atoms with Gasteiger partial charge >= 0.3 is 5.97 Å². The van der Waals surface area contributed by atoms with E-state index in [4.69, 9.17) is 4.74 Å².